The predicted molar refractivity (Wildman–Crippen MR) is 95.9 cm³/mol. The third kappa shape index (κ3) is 2.52. The Morgan fingerprint density at radius 3 is 2.31 bits per heavy atom. The first-order valence-electron chi connectivity index (χ1n) is 9.41. The summed E-state index contributed by atoms with van der Waals surface area (Å²) in [7, 11) is 0. The molecule has 1 heterocycles. The molecule has 0 atom stereocenters. The number of benzene rings is 1. The minimum Gasteiger partial charge on any atom is -0.431 e. The van der Waals surface area contributed by atoms with E-state index in [1.807, 2.05) is 12.1 Å². The lowest BCUT2D eigenvalue weighted by molar-refractivity contribution is -0.140. The fourth-order valence-corrected chi connectivity index (χ4v) is 5.80. The number of hydrogen-bond donors (Lipinski definition) is 1. The average Bonchev–Trinajstić information content (AvgIpc) is 3.09. The van der Waals surface area contributed by atoms with Crippen molar-refractivity contribution in [2.45, 2.75) is 38.5 Å². The zero-order valence-electron chi connectivity index (χ0n) is 14.6. The Morgan fingerprint density at radius 1 is 1.12 bits per heavy atom. The molecule has 1 N–H and O–H groups in total. The minimum absolute atomic E-state index is 0.0878. The number of amides is 1. The average molecular weight is 347 g/mol. The molecular weight excluding hydrogens is 326 g/mol. The van der Waals surface area contributed by atoms with Crippen LogP contribution >= 0.6 is 0 Å². The van der Waals surface area contributed by atoms with Crippen molar-refractivity contribution in [2.75, 3.05) is 5.32 Å². The fourth-order valence-electron chi connectivity index (χ4n) is 5.80. The van der Waals surface area contributed by atoms with Crippen molar-refractivity contribution in [1.29, 1.82) is 5.26 Å². The lowest BCUT2D eigenvalue weighted by Crippen LogP contribution is -2.51. The Bertz CT molecular complexity index is 855. The number of rotatable bonds is 3. The molecule has 0 unspecified atom stereocenters. The molecule has 0 spiro atoms. The molecule has 1 amide bonds. The van der Waals surface area contributed by atoms with Crippen LogP contribution in [0.3, 0.4) is 0 Å². The lowest BCUT2D eigenvalue weighted by atomic mass is 9.49. The van der Waals surface area contributed by atoms with Gasteiger partial charge in [-0.15, -0.1) is 0 Å². The Balaban J connectivity index is 1.33. The summed E-state index contributed by atoms with van der Waals surface area (Å²) in [6, 6.07) is 9.53. The van der Waals surface area contributed by atoms with Gasteiger partial charge in [-0.3, -0.25) is 10.1 Å². The monoisotopic (exact) mass is 347 g/mol. The zero-order chi connectivity index (χ0) is 17.7. The molecule has 4 aliphatic carbocycles. The second kappa shape index (κ2) is 5.70. The summed E-state index contributed by atoms with van der Waals surface area (Å²) in [6.45, 7) is 0. The second-order valence-electron chi connectivity index (χ2n) is 8.38. The maximum absolute atomic E-state index is 13.0. The number of carbonyl (C=O) groups is 1. The number of oxazole rings is 1. The third-order valence-corrected chi connectivity index (χ3v) is 6.55. The van der Waals surface area contributed by atoms with E-state index in [0.29, 0.717) is 11.3 Å². The molecule has 0 radical (unpaired) electrons. The molecule has 0 saturated heterocycles. The quantitative estimate of drug-likeness (QED) is 0.894. The Kier molecular flexibility index (Phi) is 3.43. The second-order valence-corrected chi connectivity index (χ2v) is 8.38. The molecule has 4 aliphatic rings. The molecule has 5 nitrogen and oxygen atoms in total. The van der Waals surface area contributed by atoms with Gasteiger partial charge in [0.05, 0.1) is 17.0 Å². The van der Waals surface area contributed by atoms with Gasteiger partial charge in [-0.2, -0.15) is 10.2 Å². The summed E-state index contributed by atoms with van der Waals surface area (Å²) < 4.78 is 5.50. The smallest absolute Gasteiger partial charge is 0.301 e. The van der Waals surface area contributed by atoms with Gasteiger partial charge in [0.2, 0.25) is 5.91 Å². The maximum Gasteiger partial charge on any atom is 0.301 e. The van der Waals surface area contributed by atoms with E-state index in [2.05, 4.69) is 16.4 Å². The third-order valence-electron chi connectivity index (χ3n) is 6.55. The normalized spacial score (nSPS) is 31.6. The van der Waals surface area contributed by atoms with Crippen molar-refractivity contribution in [1.82, 2.24) is 4.98 Å². The van der Waals surface area contributed by atoms with Crippen LogP contribution in [-0.2, 0) is 4.79 Å². The number of nitrogens with zero attached hydrogens (tertiary/aromatic N) is 2. The summed E-state index contributed by atoms with van der Waals surface area (Å²) in [5.41, 5.74) is 1.92. The summed E-state index contributed by atoms with van der Waals surface area (Å²) in [6.07, 6.45) is 8.56. The number of carbonyl (C=O) groups excluding carboxylic acids is 1. The van der Waals surface area contributed by atoms with Crippen LogP contribution in [0.1, 0.15) is 44.1 Å². The lowest BCUT2D eigenvalue weighted by Gasteiger charge is -2.55. The summed E-state index contributed by atoms with van der Waals surface area (Å²) in [5.74, 6) is 2.27. The van der Waals surface area contributed by atoms with Crippen molar-refractivity contribution in [2.24, 2.45) is 23.2 Å². The van der Waals surface area contributed by atoms with E-state index in [1.54, 1.807) is 18.4 Å². The highest BCUT2D eigenvalue weighted by Gasteiger charge is 2.54. The van der Waals surface area contributed by atoms with Gasteiger partial charge < -0.3 is 4.42 Å². The van der Waals surface area contributed by atoms with Gasteiger partial charge in [0.25, 0.3) is 0 Å². The van der Waals surface area contributed by atoms with Crippen LogP contribution in [0.5, 0.6) is 0 Å². The molecule has 26 heavy (non-hydrogen) atoms. The van der Waals surface area contributed by atoms with Crippen LogP contribution in [0.25, 0.3) is 11.3 Å². The molecule has 4 fully saturated rings. The fraction of sp³-hybridized carbons (Fsp3) is 0.476. The van der Waals surface area contributed by atoms with Crippen LogP contribution < -0.4 is 5.32 Å². The van der Waals surface area contributed by atoms with Crippen molar-refractivity contribution >= 4 is 11.9 Å². The van der Waals surface area contributed by atoms with Crippen LogP contribution in [-0.4, -0.2) is 10.9 Å². The van der Waals surface area contributed by atoms with Gasteiger partial charge in [-0.25, -0.2) is 0 Å². The van der Waals surface area contributed by atoms with Gasteiger partial charge in [-0.1, -0.05) is 12.1 Å². The van der Waals surface area contributed by atoms with Crippen LogP contribution in [0.15, 0.2) is 34.9 Å². The molecule has 0 aliphatic heterocycles. The molecule has 5 heteroatoms. The molecule has 1 aromatic heterocycles. The first-order chi connectivity index (χ1) is 12.6. The molecule has 1 aromatic carbocycles. The Labute approximate surface area is 152 Å². The topological polar surface area (TPSA) is 78.9 Å². The van der Waals surface area contributed by atoms with E-state index in [1.165, 1.54) is 19.3 Å². The van der Waals surface area contributed by atoms with Gasteiger partial charge in [0, 0.05) is 5.56 Å². The molecule has 6 rings (SSSR count). The highest BCUT2D eigenvalue weighted by molar-refractivity contribution is 5.94. The first-order valence-corrected chi connectivity index (χ1v) is 9.41. The number of aromatic nitrogens is 1. The van der Waals surface area contributed by atoms with E-state index in [0.717, 1.165) is 42.6 Å². The van der Waals surface area contributed by atoms with Gasteiger partial charge >= 0.3 is 6.01 Å². The molecule has 2 aromatic rings. The molecule has 4 saturated carbocycles. The minimum atomic E-state index is -0.210. The van der Waals surface area contributed by atoms with Crippen LogP contribution in [0, 0.1) is 34.5 Å². The summed E-state index contributed by atoms with van der Waals surface area (Å²) >= 11 is 0. The van der Waals surface area contributed by atoms with E-state index >= 15 is 0 Å². The number of hydrogen-bond acceptors (Lipinski definition) is 4. The molecule has 4 bridgehead atoms. The van der Waals surface area contributed by atoms with E-state index in [-0.39, 0.29) is 17.3 Å². The number of nitriles is 1. The molecular formula is C21H21N3O2. The number of anilines is 1. The van der Waals surface area contributed by atoms with Crippen molar-refractivity contribution in [3.05, 3.63) is 36.1 Å². The highest BCUT2D eigenvalue weighted by atomic mass is 16.4. The first kappa shape index (κ1) is 15.6. The standard InChI is InChI=1S/C21H21N3O2/c22-11-13-1-3-17(4-2-13)18-12-26-20(23-18)24-19(25)21-8-14-5-15(9-21)7-16(6-14)10-21/h1-4,12,14-16H,5-10H2,(H,23,24,25). The van der Waals surface area contributed by atoms with Gasteiger partial charge in [0.15, 0.2) is 0 Å². The largest absolute Gasteiger partial charge is 0.431 e. The highest BCUT2D eigenvalue weighted by Crippen LogP contribution is 2.60. The zero-order valence-corrected chi connectivity index (χ0v) is 14.6. The Hall–Kier alpha value is -2.61. The van der Waals surface area contributed by atoms with E-state index in [4.69, 9.17) is 9.68 Å². The predicted octanol–water partition coefficient (Wildman–Crippen LogP) is 4.37. The van der Waals surface area contributed by atoms with Gasteiger partial charge in [-0.05, 0) is 68.4 Å². The Morgan fingerprint density at radius 2 is 1.73 bits per heavy atom. The summed E-state index contributed by atoms with van der Waals surface area (Å²) in [5, 5.41) is 11.8. The van der Waals surface area contributed by atoms with E-state index in [9.17, 15) is 4.79 Å². The summed E-state index contributed by atoms with van der Waals surface area (Å²) in [4.78, 5) is 17.5. The molecule has 132 valence electrons. The maximum atomic E-state index is 13.0. The van der Waals surface area contributed by atoms with Crippen molar-refractivity contribution in [3.63, 3.8) is 0 Å². The van der Waals surface area contributed by atoms with Crippen LogP contribution in [0.4, 0.5) is 6.01 Å². The van der Waals surface area contributed by atoms with Crippen molar-refractivity contribution in [3.8, 4) is 17.3 Å². The van der Waals surface area contributed by atoms with E-state index < -0.39 is 0 Å². The van der Waals surface area contributed by atoms with Gasteiger partial charge in [0.1, 0.15) is 12.0 Å². The number of nitrogens with one attached hydrogen (secondary N) is 1. The van der Waals surface area contributed by atoms with Crippen molar-refractivity contribution < 1.29 is 9.21 Å². The SMILES string of the molecule is N#Cc1ccc(-c2coc(NC(=O)C34CC5CC(CC(C5)C3)C4)n2)cc1. The van der Waals surface area contributed by atoms with Crippen LogP contribution in [0.2, 0.25) is 0 Å².